The summed E-state index contributed by atoms with van der Waals surface area (Å²) >= 11 is 0. The van der Waals surface area contributed by atoms with Crippen molar-refractivity contribution in [3.8, 4) is 45.8 Å². The van der Waals surface area contributed by atoms with Crippen LogP contribution in [0.3, 0.4) is 0 Å². The van der Waals surface area contributed by atoms with Crippen LogP contribution in [0.15, 0.2) is 48.0 Å². The molecule has 4 aromatic rings. The normalized spacial score (nSPS) is 20.6. The van der Waals surface area contributed by atoms with Gasteiger partial charge in [-0.25, -0.2) is 19.8 Å². The lowest BCUT2D eigenvalue weighted by molar-refractivity contribution is -0.143. The molecule has 2 saturated carbocycles. The number of piperidine rings is 1. The maximum absolute atomic E-state index is 14.2. The van der Waals surface area contributed by atoms with Gasteiger partial charge >= 0.3 is 6.09 Å². The van der Waals surface area contributed by atoms with E-state index < -0.39 is 12.1 Å². The number of nitrogens with one attached hydrogen (secondary N) is 2. The van der Waals surface area contributed by atoms with Crippen LogP contribution in [-0.4, -0.2) is 101 Å². The summed E-state index contributed by atoms with van der Waals surface area (Å²) in [6.07, 6.45) is 9.76. The van der Waals surface area contributed by atoms with E-state index in [9.17, 15) is 14.4 Å². The molecule has 2 N–H and O–H groups in total. The lowest BCUT2D eigenvalue weighted by atomic mass is 9.73. The quantitative estimate of drug-likeness (QED) is 0.146. The van der Waals surface area contributed by atoms with E-state index in [1.807, 2.05) is 44.2 Å². The Morgan fingerprint density at radius 3 is 2.44 bits per heavy atom. The summed E-state index contributed by atoms with van der Waals surface area (Å²) in [5.41, 5.74) is 3.85. The van der Waals surface area contributed by atoms with Crippen molar-refractivity contribution in [3.63, 3.8) is 0 Å². The first-order valence-corrected chi connectivity index (χ1v) is 21.5. The van der Waals surface area contributed by atoms with Crippen LogP contribution >= 0.6 is 0 Å². The molecule has 2 aromatic carbocycles. The van der Waals surface area contributed by atoms with Crippen LogP contribution in [-0.2, 0) is 9.59 Å². The summed E-state index contributed by atoms with van der Waals surface area (Å²) in [5, 5.41) is 9.62. The summed E-state index contributed by atoms with van der Waals surface area (Å²) in [7, 11) is 3.22. The number of methoxy groups -OCH3 is 2. The fourth-order valence-corrected chi connectivity index (χ4v) is 9.18. The molecular weight excluding hydrogens is 783 g/mol. The van der Waals surface area contributed by atoms with Gasteiger partial charge < -0.3 is 43.6 Å². The molecule has 5 heterocycles. The van der Waals surface area contributed by atoms with Crippen molar-refractivity contribution in [2.45, 2.75) is 83.7 Å². The lowest BCUT2D eigenvalue weighted by Crippen LogP contribution is -2.55. The van der Waals surface area contributed by atoms with Crippen molar-refractivity contribution < 1.29 is 42.8 Å². The van der Waals surface area contributed by atoms with Crippen LogP contribution in [0, 0.1) is 23.7 Å². The second-order valence-corrected chi connectivity index (χ2v) is 17.0. The van der Waals surface area contributed by atoms with Crippen LogP contribution in [0.2, 0.25) is 0 Å². The monoisotopic (exact) mass is 835 g/mol. The highest BCUT2D eigenvalue weighted by Gasteiger charge is 2.44. The average Bonchev–Trinajstić information content (AvgIpc) is 3.84. The number of carbonyl (C=O) groups excluding carboxylic acids is 3. The number of benzene rings is 2. The number of rotatable bonds is 13. The van der Waals surface area contributed by atoms with Gasteiger partial charge in [-0.3, -0.25) is 9.59 Å². The van der Waals surface area contributed by atoms with E-state index in [2.05, 4.69) is 20.3 Å². The smallest absolute Gasteiger partial charge is 0.413 e. The van der Waals surface area contributed by atoms with Crippen LogP contribution in [0.25, 0.3) is 22.3 Å². The van der Waals surface area contributed by atoms with E-state index in [0.717, 1.165) is 49.8 Å². The highest BCUT2D eigenvalue weighted by Crippen LogP contribution is 2.49. The Morgan fingerprint density at radius 2 is 1.69 bits per heavy atom. The molecule has 9 rings (SSSR count). The van der Waals surface area contributed by atoms with Gasteiger partial charge in [0.15, 0.2) is 28.7 Å². The summed E-state index contributed by atoms with van der Waals surface area (Å²) < 4.78 is 34.7. The van der Waals surface area contributed by atoms with Crippen LogP contribution in [0.4, 0.5) is 4.79 Å². The van der Waals surface area contributed by atoms with Crippen LogP contribution < -0.4 is 33.7 Å². The molecule has 2 aliphatic carbocycles. The molecule has 0 bridgehead atoms. The number of aromatic amines is 1. The van der Waals surface area contributed by atoms with Gasteiger partial charge in [-0.15, -0.1) is 0 Å². The van der Waals surface area contributed by atoms with Gasteiger partial charge in [-0.05, 0) is 87.1 Å². The minimum absolute atomic E-state index is 0.0388. The van der Waals surface area contributed by atoms with Crippen molar-refractivity contribution in [2.24, 2.45) is 28.8 Å². The zero-order chi connectivity index (χ0) is 42.2. The highest BCUT2D eigenvalue weighted by atomic mass is 16.7. The third kappa shape index (κ3) is 8.11. The Balaban J connectivity index is 0.887. The number of H-pyrrole nitrogens is 1. The molecule has 0 radical (unpaired) electrons. The Kier molecular flexibility index (Phi) is 11.3. The average molecular weight is 836 g/mol. The maximum atomic E-state index is 14.2. The van der Waals surface area contributed by atoms with Gasteiger partial charge in [0.2, 0.25) is 18.6 Å². The second-order valence-electron chi connectivity index (χ2n) is 17.0. The second kappa shape index (κ2) is 17.1. The summed E-state index contributed by atoms with van der Waals surface area (Å²) in [5.74, 6) is 3.54. The van der Waals surface area contributed by atoms with Gasteiger partial charge in [0.05, 0.1) is 43.7 Å². The zero-order valence-corrected chi connectivity index (χ0v) is 35.1. The summed E-state index contributed by atoms with van der Waals surface area (Å²) in [6.45, 7) is 5.50. The van der Waals surface area contributed by atoms with Crippen molar-refractivity contribution >= 4 is 34.7 Å². The molecule has 0 spiro atoms. The van der Waals surface area contributed by atoms with E-state index in [-0.39, 0.29) is 48.2 Å². The van der Waals surface area contributed by atoms with Crippen molar-refractivity contribution in [2.75, 3.05) is 40.7 Å². The number of amides is 3. The van der Waals surface area contributed by atoms with Gasteiger partial charge in [0.1, 0.15) is 29.3 Å². The fourth-order valence-electron chi connectivity index (χ4n) is 9.18. The molecule has 3 atom stereocenters. The molecule has 0 unspecified atom stereocenters. The molecule has 61 heavy (non-hydrogen) atoms. The fraction of sp³-hybridized carbons (Fsp3) is 0.511. The first-order valence-electron chi connectivity index (χ1n) is 21.5. The van der Waals surface area contributed by atoms with E-state index in [1.54, 1.807) is 30.3 Å². The van der Waals surface area contributed by atoms with E-state index in [1.165, 1.54) is 6.33 Å². The number of ether oxygens (including phenoxy) is 6. The lowest BCUT2D eigenvalue weighted by Gasteiger charge is -2.43. The van der Waals surface area contributed by atoms with Crippen molar-refractivity contribution in [1.29, 1.82) is 0 Å². The molecule has 5 aliphatic rings. The van der Waals surface area contributed by atoms with Gasteiger partial charge in [-0.2, -0.15) is 5.10 Å². The number of nitrogens with zero attached hydrogens (tertiary/aromatic N) is 5. The zero-order valence-electron chi connectivity index (χ0n) is 35.1. The van der Waals surface area contributed by atoms with Gasteiger partial charge in [-0.1, -0.05) is 26.7 Å². The number of fused-ring (bicyclic) bond motifs is 3. The minimum Gasteiger partial charge on any atom is -0.493 e. The summed E-state index contributed by atoms with van der Waals surface area (Å²) in [4.78, 5) is 55.8. The molecular formula is C45H53N7O9. The minimum atomic E-state index is -0.830. The van der Waals surface area contributed by atoms with E-state index in [0.29, 0.717) is 95.9 Å². The van der Waals surface area contributed by atoms with Crippen LogP contribution in [0.1, 0.15) is 77.2 Å². The molecule has 3 fully saturated rings. The van der Waals surface area contributed by atoms with Crippen molar-refractivity contribution in [1.82, 2.24) is 30.2 Å². The Morgan fingerprint density at radius 1 is 0.918 bits per heavy atom. The highest BCUT2D eigenvalue weighted by molar-refractivity contribution is 6.07. The number of hydrogen-bond acceptors (Lipinski definition) is 12. The Hall–Kier alpha value is -6.06. The third-order valence-corrected chi connectivity index (χ3v) is 12.5. The number of likely N-dealkylation sites (tertiary alicyclic amines) is 1. The van der Waals surface area contributed by atoms with E-state index in [4.69, 9.17) is 33.5 Å². The van der Waals surface area contributed by atoms with Gasteiger partial charge in [0, 0.05) is 36.7 Å². The number of hydrogen-bond donors (Lipinski definition) is 2. The first-order chi connectivity index (χ1) is 29.7. The molecule has 3 aliphatic heterocycles. The van der Waals surface area contributed by atoms with Gasteiger partial charge in [0.25, 0.3) is 0 Å². The molecule has 16 heteroatoms. The molecule has 3 amide bonds. The number of hydrazone groups is 1. The molecule has 16 nitrogen and oxygen atoms in total. The number of carbonyl (C=O) groups is 3. The van der Waals surface area contributed by atoms with Crippen LogP contribution in [0.5, 0.6) is 34.5 Å². The Bertz CT molecular complexity index is 2330. The van der Waals surface area contributed by atoms with Crippen molar-refractivity contribution in [3.05, 3.63) is 48.4 Å². The van der Waals surface area contributed by atoms with E-state index >= 15 is 0 Å². The third-order valence-electron chi connectivity index (χ3n) is 12.5. The summed E-state index contributed by atoms with van der Waals surface area (Å²) in [6, 6.07) is 8.49. The predicted octanol–water partition coefficient (Wildman–Crippen LogP) is 6.71. The molecule has 2 aromatic heterocycles. The SMILES string of the molecule is COc1ccc(C2=NN(C3CCN(C(=O)[C@@H](CC(C)C)NC(=O)Oc4c[nH]c5c(-c6c(OCC7CC7)ccc7c6OCO7)ncnc45)CC3)C(=O)[C@@H]3CCCC[C@H]23)cc1OC. The topological polar surface area (TPSA) is 179 Å². The number of aromatic nitrogens is 3. The maximum Gasteiger partial charge on any atom is 0.413 e. The first kappa shape index (κ1) is 40.4. The molecule has 322 valence electrons. The standard InChI is InChI=1S/C45H53N7O9/c1-25(2)19-31(49-45(55)61-36-21-46-41-39(36)47-23-48-40(41)37-33(58-22-26-9-10-26)13-14-34-42(37)60-24-59-34)44(54)51-17-15-28(16-18-51)52-43(53)30-8-6-5-7-29(30)38(50-52)27-11-12-32(56-3)35(20-27)57-4/h11-14,20-21,23,25-26,28-31,46H,5-10,15-19,22,24H2,1-4H3,(H,49,55)/t29-,30+,31+/m0/s1. The largest absolute Gasteiger partial charge is 0.493 e. The Labute approximate surface area is 354 Å². The predicted molar refractivity (Wildman–Crippen MR) is 224 cm³/mol. The molecule has 1 saturated heterocycles.